The second kappa shape index (κ2) is 5.23. The fourth-order valence-corrected chi connectivity index (χ4v) is 2.83. The summed E-state index contributed by atoms with van der Waals surface area (Å²) in [5.41, 5.74) is 0. The lowest BCUT2D eigenvalue weighted by Crippen LogP contribution is -2.56. The van der Waals surface area contributed by atoms with E-state index in [-0.39, 0.29) is 12.0 Å². The topological polar surface area (TPSA) is 29.5 Å². The fourth-order valence-electron chi connectivity index (χ4n) is 1.95. The third-order valence-corrected chi connectivity index (χ3v) is 4.17. The van der Waals surface area contributed by atoms with E-state index in [1.54, 1.807) is 11.0 Å². The molecule has 2 aromatic rings. The Labute approximate surface area is 120 Å². The molecule has 0 saturated carbocycles. The molecule has 1 aliphatic heterocycles. The van der Waals surface area contributed by atoms with Gasteiger partial charge >= 0.3 is 0 Å². The average molecular weight is 294 g/mol. The first-order valence-corrected chi connectivity index (χ1v) is 7.24. The number of hydrogen-bond acceptors (Lipinski definition) is 3. The van der Waals surface area contributed by atoms with Crippen molar-refractivity contribution in [3.63, 3.8) is 0 Å². The van der Waals surface area contributed by atoms with Crippen LogP contribution in [0.15, 0.2) is 41.8 Å². The number of carbonyl (C=O) groups excluding carboxylic acids is 1. The van der Waals surface area contributed by atoms with E-state index >= 15 is 0 Å². The van der Waals surface area contributed by atoms with Crippen LogP contribution in [0.3, 0.4) is 0 Å². The Bertz CT molecular complexity index is 579. The quantitative estimate of drug-likeness (QED) is 0.869. The highest BCUT2D eigenvalue weighted by molar-refractivity contribution is 7.12. The van der Waals surface area contributed by atoms with Gasteiger partial charge < -0.3 is 9.64 Å². The van der Waals surface area contributed by atoms with Crippen molar-refractivity contribution in [2.75, 3.05) is 13.1 Å². The number of rotatable bonds is 3. The van der Waals surface area contributed by atoms with Gasteiger partial charge in [-0.25, -0.2) is 0 Å². The summed E-state index contributed by atoms with van der Waals surface area (Å²) in [6, 6.07) is 11.1. The molecule has 3 rings (SSSR count). The van der Waals surface area contributed by atoms with Crippen molar-refractivity contribution in [3.8, 4) is 5.75 Å². The number of para-hydroxylation sites is 1. The van der Waals surface area contributed by atoms with E-state index in [9.17, 15) is 4.79 Å². The summed E-state index contributed by atoms with van der Waals surface area (Å²) in [4.78, 5) is 14.6. The Morgan fingerprint density at radius 1 is 1.26 bits per heavy atom. The minimum atomic E-state index is 0.0313. The van der Waals surface area contributed by atoms with Crippen LogP contribution >= 0.6 is 22.9 Å². The largest absolute Gasteiger partial charge is 0.485 e. The average Bonchev–Trinajstić information content (AvgIpc) is 2.88. The molecule has 0 spiro atoms. The Morgan fingerprint density at radius 3 is 2.74 bits per heavy atom. The molecule has 3 nitrogen and oxygen atoms in total. The molecule has 0 aliphatic carbocycles. The molecule has 1 amide bonds. The predicted molar refractivity (Wildman–Crippen MR) is 76.1 cm³/mol. The zero-order chi connectivity index (χ0) is 13.2. The van der Waals surface area contributed by atoms with Gasteiger partial charge in [-0.2, -0.15) is 0 Å². The maximum absolute atomic E-state index is 12.0. The number of halogens is 1. The van der Waals surface area contributed by atoms with E-state index in [0.717, 1.165) is 4.88 Å². The monoisotopic (exact) mass is 293 g/mol. The highest BCUT2D eigenvalue weighted by atomic mass is 35.5. The first-order chi connectivity index (χ1) is 9.24. The Kier molecular flexibility index (Phi) is 3.44. The lowest BCUT2D eigenvalue weighted by Gasteiger charge is -2.38. The molecular weight excluding hydrogens is 282 g/mol. The number of carbonyl (C=O) groups is 1. The van der Waals surface area contributed by atoms with Gasteiger partial charge in [0.1, 0.15) is 11.9 Å². The molecule has 1 aromatic carbocycles. The maximum atomic E-state index is 12.0. The summed E-state index contributed by atoms with van der Waals surface area (Å²) >= 11 is 7.49. The van der Waals surface area contributed by atoms with Gasteiger partial charge in [0.2, 0.25) is 0 Å². The van der Waals surface area contributed by atoms with Crippen LogP contribution in [0.1, 0.15) is 9.67 Å². The highest BCUT2D eigenvalue weighted by Crippen LogP contribution is 2.27. The molecule has 0 radical (unpaired) electrons. The van der Waals surface area contributed by atoms with Crippen LogP contribution in [0, 0.1) is 0 Å². The van der Waals surface area contributed by atoms with Gasteiger partial charge in [-0.1, -0.05) is 29.8 Å². The lowest BCUT2D eigenvalue weighted by molar-refractivity contribution is 0.0182. The smallest absolute Gasteiger partial charge is 0.264 e. The minimum Gasteiger partial charge on any atom is -0.485 e. The number of benzene rings is 1. The molecule has 1 fully saturated rings. The molecule has 0 bridgehead atoms. The SMILES string of the molecule is O=C(c1cccs1)N1CC(Oc2ccccc2Cl)C1. The third-order valence-electron chi connectivity index (χ3n) is 3.00. The van der Waals surface area contributed by atoms with Crippen LogP contribution in [-0.4, -0.2) is 30.0 Å². The van der Waals surface area contributed by atoms with Crippen LogP contribution in [0.4, 0.5) is 0 Å². The number of ether oxygens (including phenoxy) is 1. The van der Waals surface area contributed by atoms with E-state index in [1.807, 2.05) is 35.7 Å². The molecule has 19 heavy (non-hydrogen) atoms. The minimum absolute atomic E-state index is 0.0313. The number of nitrogens with zero attached hydrogens (tertiary/aromatic N) is 1. The van der Waals surface area contributed by atoms with E-state index < -0.39 is 0 Å². The van der Waals surface area contributed by atoms with Crippen molar-refractivity contribution in [2.45, 2.75) is 6.10 Å². The molecule has 0 N–H and O–H groups in total. The van der Waals surface area contributed by atoms with Crippen molar-refractivity contribution >= 4 is 28.8 Å². The zero-order valence-corrected chi connectivity index (χ0v) is 11.7. The van der Waals surface area contributed by atoms with Gasteiger partial charge in [-0.3, -0.25) is 4.79 Å². The second-order valence-electron chi connectivity index (χ2n) is 4.36. The standard InChI is InChI=1S/C14H12ClNO2S/c15-11-4-1-2-5-12(11)18-10-8-16(9-10)14(17)13-6-3-7-19-13/h1-7,10H,8-9H2. The van der Waals surface area contributed by atoms with E-state index in [2.05, 4.69) is 0 Å². The van der Waals surface area contributed by atoms with Gasteiger partial charge in [0.05, 0.1) is 23.0 Å². The Balaban J connectivity index is 1.56. The summed E-state index contributed by atoms with van der Waals surface area (Å²) in [7, 11) is 0. The summed E-state index contributed by atoms with van der Waals surface area (Å²) in [6.45, 7) is 1.23. The maximum Gasteiger partial charge on any atom is 0.264 e. The molecule has 1 aliphatic rings. The Hall–Kier alpha value is -1.52. The van der Waals surface area contributed by atoms with Gasteiger partial charge in [-0.05, 0) is 23.6 Å². The van der Waals surface area contributed by atoms with Crippen LogP contribution in [0.2, 0.25) is 5.02 Å². The van der Waals surface area contributed by atoms with E-state index in [0.29, 0.717) is 23.9 Å². The molecule has 0 unspecified atom stereocenters. The van der Waals surface area contributed by atoms with Crippen LogP contribution in [-0.2, 0) is 0 Å². The lowest BCUT2D eigenvalue weighted by atomic mass is 10.1. The molecule has 5 heteroatoms. The number of thiophene rings is 1. The van der Waals surface area contributed by atoms with Crippen LogP contribution < -0.4 is 4.74 Å². The second-order valence-corrected chi connectivity index (χ2v) is 5.71. The molecule has 98 valence electrons. The highest BCUT2D eigenvalue weighted by Gasteiger charge is 2.33. The van der Waals surface area contributed by atoms with Crippen molar-refractivity contribution in [3.05, 3.63) is 51.7 Å². The van der Waals surface area contributed by atoms with Crippen molar-refractivity contribution < 1.29 is 9.53 Å². The van der Waals surface area contributed by atoms with E-state index in [4.69, 9.17) is 16.3 Å². The van der Waals surface area contributed by atoms with Gasteiger partial charge in [0, 0.05) is 0 Å². The van der Waals surface area contributed by atoms with Crippen molar-refractivity contribution in [1.29, 1.82) is 0 Å². The third kappa shape index (κ3) is 2.60. The normalized spacial score (nSPS) is 15.1. The van der Waals surface area contributed by atoms with Crippen molar-refractivity contribution in [1.82, 2.24) is 4.90 Å². The first-order valence-electron chi connectivity index (χ1n) is 5.98. The Morgan fingerprint density at radius 2 is 2.05 bits per heavy atom. The van der Waals surface area contributed by atoms with E-state index in [1.165, 1.54) is 11.3 Å². The summed E-state index contributed by atoms with van der Waals surface area (Å²) < 4.78 is 5.76. The van der Waals surface area contributed by atoms with Crippen molar-refractivity contribution in [2.24, 2.45) is 0 Å². The molecule has 1 saturated heterocycles. The summed E-state index contributed by atoms with van der Waals surface area (Å²) in [5.74, 6) is 0.756. The summed E-state index contributed by atoms with van der Waals surface area (Å²) in [6.07, 6.45) is 0.0313. The molecular formula is C14H12ClNO2S. The molecule has 1 aromatic heterocycles. The van der Waals surface area contributed by atoms with Gasteiger partial charge in [0.25, 0.3) is 5.91 Å². The van der Waals surface area contributed by atoms with Crippen LogP contribution in [0.5, 0.6) is 5.75 Å². The number of hydrogen-bond donors (Lipinski definition) is 0. The predicted octanol–water partition coefficient (Wildman–Crippen LogP) is 3.30. The zero-order valence-electron chi connectivity index (χ0n) is 10.1. The summed E-state index contributed by atoms with van der Waals surface area (Å²) in [5, 5.41) is 2.51. The van der Waals surface area contributed by atoms with Crippen LogP contribution in [0.25, 0.3) is 0 Å². The van der Waals surface area contributed by atoms with Gasteiger partial charge in [-0.15, -0.1) is 11.3 Å². The number of likely N-dealkylation sites (tertiary alicyclic amines) is 1. The van der Waals surface area contributed by atoms with Gasteiger partial charge in [0.15, 0.2) is 0 Å². The molecule has 2 heterocycles. The number of amides is 1. The molecule has 0 atom stereocenters. The fraction of sp³-hybridized carbons (Fsp3) is 0.214. The first kappa shape index (κ1) is 12.5.